The molecule has 0 aromatic heterocycles. The smallest absolute Gasteiger partial charge is 0.0138 e. The van der Waals surface area contributed by atoms with Gasteiger partial charge in [0.15, 0.2) is 0 Å². The first-order chi connectivity index (χ1) is 10.8. The molecule has 1 atom stereocenters. The van der Waals surface area contributed by atoms with Gasteiger partial charge in [0, 0.05) is 5.41 Å². The molecule has 0 nitrogen and oxygen atoms in total. The second-order valence-electron chi connectivity index (χ2n) is 5.89. The van der Waals surface area contributed by atoms with Crippen LogP contribution in [0.15, 0.2) is 73.8 Å². The first kappa shape index (κ1) is 16.3. The van der Waals surface area contributed by atoms with E-state index in [1.54, 1.807) is 0 Å². The summed E-state index contributed by atoms with van der Waals surface area (Å²) in [6, 6.07) is 19.3. The Morgan fingerprint density at radius 1 is 0.909 bits per heavy atom. The predicted molar refractivity (Wildman–Crippen MR) is 98.1 cm³/mol. The Morgan fingerprint density at radius 2 is 1.59 bits per heavy atom. The standard InChI is InChI=1S/C22H26/c1-4-17-22(6-3,18-16-19-12-8-7-9-13-19)21-15-11-10-14-20(21)5-2/h5-15H,2-4,16-18H2,1H3. The molecule has 0 heteroatoms. The lowest BCUT2D eigenvalue weighted by Gasteiger charge is -2.33. The Kier molecular flexibility index (Phi) is 5.77. The third-order valence-corrected chi connectivity index (χ3v) is 4.51. The first-order valence-electron chi connectivity index (χ1n) is 8.15. The summed E-state index contributed by atoms with van der Waals surface area (Å²) in [5, 5.41) is 0. The van der Waals surface area contributed by atoms with Crippen molar-refractivity contribution in [3.8, 4) is 0 Å². The molecule has 2 aromatic rings. The number of rotatable bonds is 8. The van der Waals surface area contributed by atoms with Crippen molar-refractivity contribution in [3.63, 3.8) is 0 Å². The molecule has 0 spiro atoms. The molecular weight excluding hydrogens is 264 g/mol. The Balaban J connectivity index is 2.34. The van der Waals surface area contributed by atoms with E-state index in [1.165, 1.54) is 16.7 Å². The van der Waals surface area contributed by atoms with E-state index in [4.69, 9.17) is 0 Å². The average molecular weight is 290 g/mol. The Bertz CT molecular complexity index is 609. The summed E-state index contributed by atoms with van der Waals surface area (Å²) in [6.07, 6.45) is 8.53. The maximum atomic E-state index is 4.18. The van der Waals surface area contributed by atoms with E-state index in [-0.39, 0.29) is 5.41 Å². The summed E-state index contributed by atoms with van der Waals surface area (Å²) in [6.45, 7) is 10.4. The number of aryl methyl sites for hydroxylation is 1. The average Bonchev–Trinajstić information content (AvgIpc) is 2.59. The van der Waals surface area contributed by atoms with Gasteiger partial charge in [0.1, 0.15) is 0 Å². The first-order valence-corrected chi connectivity index (χ1v) is 8.15. The monoisotopic (exact) mass is 290 g/mol. The molecule has 2 rings (SSSR count). The van der Waals surface area contributed by atoms with Crippen molar-refractivity contribution in [2.45, 2.75) is 38.0 Å². The van der Waals surface area contributed by atoms with E-state index in [9.17, 15) is 0 Å². The number of benzene rings is 2. The number of allylic oxidation sites excluding steroid dienone is 1. The molecule has 114 valence electrons. The van der Waals surface area contributed by atoms with E-state index in [1.807, 2.05) is 6.08 Å². The molecule has 0 saturated carbocycles. The third-order valence-electron chi connectivity index (χ3n) is 4.51. The van der Waals surface area contributed by atoms with Crippen LogP contribution in [0.4, 0.5) is 0 Å². The van der Waals surface area contributed by atoms with Gasteiger partial charge in [-0.3, -0.25) is 0 Å². The molecule has 0 bridgehead atoms. The van der Waals surface area contributed by atoms with Crippen LogP contribution < -0.4 is 0 Å². The van der Waals surface area contributed by atoms with Gasteiger partial charge < -0.3 is 0 Å². The second kappa shape index (κ2) is 7.79. The highest BCUT2D eigenvalue weighted by Crippen LogP contribution is 2.38. The predicted octanol–water partition coefficient (Wildman–Crippen LogP) is 6.19. The van der Waals surface area contributed by atoms with E-state index in [2.05, 4.69) is 80.8 Å². The maximum Gasteiger partial charge on any atom is 0.0138 e. The van der Waals surface area contributed by atoms with E-state index in [0.717, 1.165) is 25.7 Å². The van der Waals surface area contributed by atoms with E-state index in [0.29, 0.717) is 0 Å². The van der Waals surface area contributed by atoms with Crippen molar-refractivity contribution in [2.24, 2.45) is 0 Å². The lowest BCUT2D eigenvalue weighted by molar-refractivity contribution is 0.447. The van der Waals surface area contributed by atoms with Crippen molar-refractivity contribution in [3.05, 3.63) is 90.5 Å². The molecule has 0 aliphatic rings. The van der Waals surface area contributed by atoms with Gasteiger partial charge in [0.25, 0.3) is 0 Å². The molecule has 0 aliphatic heterocycles. The summed E-state index contributed by atoms with van der Waals surface area (Å²) in [5.41, 5.74) is 4.00. The zero-order valence-corrected chi connectivity index (χ0v) is 13.6. The van der Waals surface area contributed by atoms with Crippen molar-refractivity contribution in [2.75, 3.05) is 0 Å². The molecule has 22 heavy (non-hydrogen) atoms. The van der Waals surface area contributed by atoms with Gasteiger partial charge in [-0.1, -0.05) is 86.7 Å². The number of hydrogen-bond acceptors (Lipinski definition) is 0. The number of hydrogen-bond donors (Lipinski definition) is 0. The van der Waals surface area contributed by atoms with Gasteiger partial charge >= 0.3 is 0 Å². The lowest BCUT2D eigenvalue weighted by Crippen LogP contribution is -2.25. The Labute approximate surface area is 135 Å². The van der Waals surface area contributed by atoms with Crippen LogP contribution >= 0.6 is 0 Å². The Morgan fingerprint density at radius 3 is 2.23 bits per heavy atom. The minimum absolute atomic E-state index is 0.0232. The minimum Gasteiger partial charge on any atom is -0.102 e. The molecule has 1 unspecified atom stereocenters. The highest BCUT2D eigenvalue weighted by Gasteiger charge is 2.29. The van der Waals surface area contributed by atoms with E-state index >= 15 is 0 Å². The summed E-state index contributed by atoms with van der Waals surface area (Å²) < 4.78 is 0. The van der Waals surface area contributed by atoms with Crippen LogP contribution in [0.2, 0.25) is 0 Å². The molecular formula is C22H26. The van der Waals surface area contributed by atoms with Gasteiger partial charge in [0.2, 0.25) is 0 Å². The third kappa shape index (κ3) is 3.57. The zero-order chi connectivity index (χ0) is 15.8. The topological polar surface area (TPSA) is 0 Å². The molecule has 2 aromatic carbocycles. The van der Waals surface area contributed by atoms with Gasteiger partial charge in [-0.25, -0.2) is 0 Å². The maximum absolute atomic E-state index is 4.18. The minimum atomic E-state index is 0.0232. The molecule has 0 heterocycles. The molecule has 0 radical (unpaired) electrons. The fourth-order valence-corrected chi connectivity index (χ4v) is 3.30. The fourth-order valence-electron chi connectivity index (χ4n) is 3.30. The van der Waals surface area contributed by atoms with Crippen LogP contribution in [0.25, 0.3) is 6.08 Å². The molecule has 0 fully saturated rings. The second-order valence-corrected chi connectivity index (χ2v) is 5.89. The zero-order valence-electron chi connectivity index (χ0n) is 13.6. The lowest BCUT2D eigenvalue weighted by atomic mass is 9.71. The van der Waals surface area contributed by atoms with Crippen molar-refractivity contribution >= 4 is 6.08 Å². The van der Waals surface area contributed by atoms with Crippen molar-refractivity contribution in [1.29, 1.82) is 0 Å². The molecule has 0 saturated heterocycles. The van der Waals surface area contributed by atoms with E-state index < -0.39 is 0 Å². The quantitative estimate of drug-likeness (QED) is 0.509. The van der Waals surface area contributed by atoms with Crippen LogP contribution in [0.3, 0.4) is 0 Å². The van der Waals surface area contributed by atoms with Crippen LogP contribution in [0.1, 0.15) is 42.9 Å². The highest BCUT2D eigenvalue weighted by atomic mass is 14.3. The summed E-state index contributed by atoms with van der Waals surface area (Å²) in [7, 11) is 0. The van der Waals surface area contributed by atoms with Crippen molar-refractivity contribution < 1.29 is 0 Å². The summed E-state index contributed by atoms with van der Waals surface area (Å²) in [4.78, 5) is 0. The SMILES string of the molecule is C=Cc1ccccc1C(C=C)(CCC)CCc1ccccc1. The normalized spacial score (nSPS) is 13.3. The van der Waals surface area contributed by atoms with Crippen LogP contribution in [-0.4, -0.2) is 0 Å². The summed E-state index contributed by atoms with van der Waals surface area (Å²) in [5.74, 6) is 0. The Hall–Kier alpha value is -2.08. The molecule has 0 N–H and O–H groups in total. The fraction of sp³-hybridized carbons (Fsp3) is 0.273. The van der Waals surface area contributed by atoms with Crippen LogP contribution in [0.5, 0.6) is 0 Å². The largest absolute Gasteiger partial charge is 0.102 e. The van der Waals surface area contributed by atoms with Crippen molar-refractivity contribution in [1.82, 2.24) is 0 Å². The van der Waals surface area contributed by atoms with Gasteiger partial charge in [-0.2, -0.15) is 0 Å². The van der Waals surface area contributed by atoms with Gasteiger partial charge in [-0.05, 0) is 36.0 Å². The summed E-state index contributed by atoms with van der Waals surface area (Å²) >= 11 is 0. The molecule has 0 aliphatic carbocycles. The molecule has 0 amide bonds. The van der Waals surface area contributed by atoms with Crippen LogP contribution in [-0.2, 0) is 11.8 Å². The highest BCUT2D eigenvalue weighted by molar-refractivity contribution is 5.55. The van der Waals surface area contributed by atoms with Crippen LogP contribution in [0, 0.1) is 0 Å². The van der Waals surface area contributed by atoms with Gasteiger partial charge in [0.05, 0.1) is 0 Å². The van der Waals surface area contributed by atoms with Gasteiger partial charge in [-0.15, -0.1) is 6.58 Å².